The number of carbonyl (C=O) groups excluding carboxylic acids is 1. The van der Waals surface area contributed by atoms with E-state index in [9.17, 15) is 9.90 Å². The van der Waals surface area contributed by atoms with Gasteiger partial charge in [0.2, 0.25) is 5.91 Å². The molecule has 1 amide bonds. The minimum absolute atomic E-state index is 0.0637. The summed E-state index contributed by atoms with van der Waals surface area (Å²) in [5.74, 6) is 0.808. The summed E-state index contributed by atoms with van der Waals surface area (Å²) in [5, 5.41) is 13.0. The highest BCUT2D eigenvalue weighted by Gasteiger charge is 2.13. The number of aliphatic hydroxyl groups excluding tert-OH is 1. The molecule has 0 saturated heterocycles. The molecule has 0 saturated carbocycles. The van der Waals surface area contributed by atoms with Crippen LogP contribution in [0.4, 0.5) is 0 Å². The second-order valence-electron chi connectivity index (χ2n) is 5.99. The fraction of sp³-hybridized carbons (Fsp3) is 0.300. The Kier molecular flexibility index (Phi) is 5.46. The summed E-state index contributed by atoms with van der Waals surface area (Å²) in [6.45, 7) is 3.44. The van der Waals surface area contributed by atoms with Gasteiger partial charge in [0.05, 0.1) is 23.6 Å². The topological polar surface area (TPSA) is 67.2 Å². The van der Waals surface area contributed by atoms with Gasteiger partial charge >= 0.3 is 0 Å². The Morgan fingerprint density at radius 3 is 2.64 bits per heavy atom. The van der Waals surface area contributed by atoms with Crippen LogP contribution in [0.5, 0.6) is 0 Å². The van der Waals surface area contributed by atoms with Crippen molar-refractivity contribution in [2.45, 2.75) is 32.4 Å². The zero-order valence-corrected chi connectivity index (χ0v) is 14.4. The van der Waals surface area contributed by atoms with E-state index in [-0.39, 0.29) is 12.3 Å². The summed E-state index contributed by atoms with van der Waals surface area (Å²) >= 11 is 0. The summed E-state index contributed by atoms with van der Waals surface area (Å²) < 4.78 is 2.17. The zero-order chi connectivity index (χ0) is 17.6. The number of fused-ring (bicyclic) bond motifs is 1. The Morgan fingerprint density at radius 1 is 1.16 bits per heavy atom. The van der Waals surface area contributed by atoms with Gasteiger partial charge in [-0.1, -0.05) is 42.5 Å². The highest BCUT2D eigenvalue weighted by atomic mass is 16.3. The number of hydrogen-bond acceptors (Lipinski definition) is 3. The van der Waals surface area contributed by atoms with E-state index in [1.807, 2.05) is 48.5 Å². The van der Waals surface area contributed by atoms with Crippen molar-refractivity contribution in [2.24, 2.45) is 0 Å². The van der Waals surface area contributed by atoms with Gasteiger partial charge in [-0.15, -0.1) is 0 Å². The standard InChI is InChI=1S/C20H23N3O2/c1-2-23-17-11-7-6-10-16(17)22-19(23)12-13-21-20(25)14-18(24)15-8-4-3-5-9-15/h3-11,18,24H,2,12-14H2,1H3,(H,21,25). The highest BCUT2D eigenvalue weighted by Crippen LogP contribution is 2.17. The number of benzene rings is 2. The van der Waals surface area contributed by atoms with E-state index in [1.54, 1.807) is 0 Å². The number of nitrogens with one attached hydrogen (secondary N) is 1. The van der Waals surface area contributed by atoms with Crippen molar-refractivity contribution in [3.05, 3.63) is 66.0 Å². The Labute approximate surface area is 147 Å². The summed E-state index contributed by atoms with van der Waals surface area (Å²) in [7, 11) is 0. The summed E-state index contributed by atoms with van der Waals surface area (Å²) in [6.07, 6.45) is -0.0504. The molecule has 3 aromatic rings. The first-order valence-corrected chi connectivity index (χ1v) is 8.63. The lowest BCUT2D eigenvalue weighted by atomic mass is 10.1. The van der Waals surface area contributed by atoms with Crippen LogP contribution in [0.1, 0.15) is 30.8 Å². The highest BCUT2D eigenvalue weighted by molar-refractivity contribution is 5.77. The summed E-state index contributed by atoms with van der Waals surface area (Å²) in [4.78, 5) is 16.7. The van der Waals surface area contributed by atoms with Crippen molar-refractivity contribution in [2.75, 3.05) is 6.54 Å². The van der Waals surface area contributed by atoms with Crippen LogP contribution in [0.25, 0.3) is 11.0 Å². The Bertz CT molecular complexity index is 843. The normalized spacial score (nSPS) is 12.2. The van der Waals surface area contributed by atoms with Crippen molar-refractivity contribution in [3.8, 4) is 0 Å². The van der Waals surface area contributed by atoms with Gasteiger partial charge in [-0.3, -0.25) is 4.79 Å². The summed E-state index contributed by atoms with van der Waals surface area (Å²) in [5.41, 5.74) is 2.85. The fourth-order valence-electron chi connectivity index (χ4n) is 3.02. The average molecular weight is 337 g/mol. The predicted octanol–water partition coefficient (Wildman–Crippen LogP) is 2.84. The number of imidazole rings is 1. The van der Waals surface area contributed by atoms with E-state index >= 15 is 0 Å². The molecule has 0 radical (unpaired) electrons. The second-order valence-corrected chi connectivity index (χ2v) is 5.99. The number of aromatic nitrogens is 2. The van der Waals surface area contributed by atoms with E-state index in [2.05, 4.69) is 27.9 Å². The molecule has 3 rings (SSSR count). The number of amides is 1. The largest absolute Gasteiger partial charge is 0.388 e. The van der Waals surface area contributed by atoms with Crippen LogP contribution in [-0.2, 0) is 17.8 Å². The predicted molar refractivity (Wildman–Crippen MR) is 98.1 cm³/mol. The molecule has 5 heteroatoms. The molecule has 0 aliphatic rings. The molecule has 0 fully saturated rings. The van der Waals surface area contributed by atoms with E-state index in [0.717, 1.165) is 29.0 Å². The zero-order valence-electron chi connectivity index (χ0n) is 14.4. The molecule has 130 valence electrons. The molecule has 0 spiro atoms. The van der Waals surface area contributed by atoms with Crippen molar-refractivity contribution in [1.82, 2.24) is 14.9 Å². The first-order chi connectivity index (χ1) is 12.2. The molecule has 0 bridgehead atoms. The molecule has 25 heavy (non-hydrogen) atoms. The number of para-hydroxylation sites is 2. The number of carbonyl (C=O) groups is 1. The molecule has 2 N–H and O–H groups in total. The smallest absolute Gasteiger partial charge is 0.222 e. The molecule has 0 aliphatic carbocycles. The monoisotopic (exact) mass is 337 g/mol. The van der Waals surface area contributed by atoms with E-state index in [0.29, 0.717) is 13.0 Å². The summed E-state index contributed by atoms with van der Waals surface area (Å²) in [6, 6.07) is 17.3. The molecule has 1 unspecified atom stereocenters. The van der Waals surface area contributed by atoms with Crippen molar-refractivity contribution < 1.29 is 9.90 Å². The van der Waals surface area contributed by atoms with Gasteiger partial charge < -0.3 is 15.0 Å². The number of rotatable bonds is 7. The second kappa shape index (κ2) is 7.94. The minimum Gasteiger partial charge on any atom is -0.388 e. The van der Waals surface area contributed by atoms with Crippen LogP contribution in [0.2, 0.25) is 0 Å². The number of aliphatic hydroxyl groups is 1. The van der Waals surface area contributed by atoms with Crippen LogP contribution in [0.3, 0.4) is 0 Å². The average Bonchev–Trinajstić information content (AvgIpc) is 2.99. The van der Waals surface area contributed by atoms with Crippen LogP contribution < -0.4 is 5.32 Å². The molecule has 1 heterocycles. The van der Waals surface area contributed by atoms with Gasteiger partial charge in [-0.05, 0) is 24.6 Å². The minimum atomic E-state index is -0.776. The molecule has 5 nitrogen and oxygen atoms in total. The quantitative estimate of drug-likeness (QED) is 0.697. The molecule has 1 atom stereocenters. The lowest BCUT2D eigenvalue weighted by molar-refractivity contribution is -0.123. The molecular weight excluding hydrogens is 314 g/mol. The van der Waals surface area contributed by atoms with Gasteiger partial charge in [0.1, 0.15) is 5.82 Å². The van der Waals surface area contributed by atoms with Gasteiger partial charge in [-0.25, -0.2) is 4.98 Å². The van der Waals surface area contributed by atoms with Crippen molar-refractivity contribution in [1.29, 1.82) is 0 Å². The molecular formula is C20H23N3O2. The van der Waals surface area contributed by atoms with Crippen molar-refractivity contribution >= 4 is 16.9 Å². The maximum Gasteiger partial charge on any atom is 0.222 e. The van der Waals surface area contributed by atoms with Crippen LogP contribution in [0.15, 0.2) is 54.6 Å². The van der Waals surface area contributed by atoms with Gasteiger partial charge in [0, 0.05) is 19.5 Å². The van der Waals surface area contributed by atoms with Gasteiger partial charge in [0.25, 0.3) is 0 Å². The number of aryl methyl sites for hydroxylation is 1. The number of nitrogens with zero attached hydrogens (tertiary/aromatic N) is 2. The van der Waals surface area contributed by atoms with Crippen LogP contribution in [-0.4, -0.2) is 27.1 Å². The molecule has 1 aromatic heterocycles. The third-order valence-corrected chi connectivity index (χ3v) is 4.28. The SMILES string of the molecule is CCn1c(CCNC(=O)CC(O)c2ccccc2)nc2ccccc21. The number of hydrogen-bond donors (Lipinski definition) is 2. The maximum atomic E-state index is 12.0. The maximum absolute atomic E-state index is 12.0. The first kappa shape index (κ1) is 17.2. The third-order valence-electron chi connectivity index (χ3n) is 4.28. The fourth-order valence-corrected chi connectivity index (χ4v) is 3.02. The van der Waals surface area contributed by atoms with E-state index in [4.69, 9.17) is 0 Å². The van der Waals surface area contributed by atoms with E-state index in [1.165, 1.54) is 0 Å². The van der Waals surface area contributed by atoms with Crippen LogP contribution in [0, 0.1) is 0 Å². The first-order valence-electron chi connectivity index (χ1n) is 8.63. The molecule has 0 aliphatic heterocycles. The van der Waals surface area contributed by atoms with Gasteiger partial charge in [-0.2, -0.15) is 0 Å². The van der Waals surface area contributed by atoms with Crippen molar-refractivity contribution in [3.63, 3.8) is 0 Å². The lowest BCUT2D eigenvalue weighted by Crippen LogP contribution is -2.27. The van der Waals surface area contributed by atoms with E-state index < -0.39 is 6.10 Å². The Morgan fingerprint density at radius 2 is 1.88 bits per heavy atom. The molecule has 2 aromatic carbocycles. The Hall–Kier alpha value is -2.66. The van der Waals surface area contributed by atoms with Gasteiger partial charge in [0.15, 0.2) is 0 Å². The third kappa shape index (κ3) is 4.06. The lowest BCUT2D eigenvalue weighted by Gasteiger charge is -2.11. The van der Waals surface area contributed by atoms with Crippen LogP contribution >= 0.6 is 0 Å². The Balaban J connectivity index is 1.55.